The molecule has 2 aliphatic heterocycles. The van der Waals surface area contributed by atoms with Crippen LogP contribution in [0.5, 0.6) is 11.5 Å². The second-order valence-corrected chi connectivity index (χ2v) is 10.0. The molecule has 0 spiro atoms. The third-order valence-electron chi connectivity index (χ3n) is 7.22. The maximum absolute atomic E-state index is 13.7. The maximum Gasteiger partial charge on any atom is 0.257 e. The van der Waals surface area contributed by atoms with Crippen LogP contribution in [0.25, 0.3) is 0 Å². The van der Waals surface area contributed by atoms with Gasteiger partial charge in [-0.25, -0.2) is 5.01 Å². The Morgan fingerprint density at radius 3 is 2.34 bits per heavy atom. The first kappa shape index (κ1) is 26.2. The van der Waals surface area contributed by atoms with Gasteiger partial charge in [-0.15, -0.1) is 0 Å². The van der Waals surface area contributed by atoms with Gasteiger partial charge in [0.05, 0.1) is 32.5 Å². The van der Waals surface area contributed by atoms with Crippen molar-refractivity contribution >= 4 is 23.2 Å². The molecule has 1 unspecified atom stereocenters. The molecule has 0 saturated carbocycles. The van der Waals surface area contributed by atoms with Gasteiger partial charge in [-0.2, -0.15) is 5.10 Å². The van der Waals surface area contributed by atoms with E-state index in [1.165, 1.54) is 5.56 Å². The van der Waals surface area contributed by atoms with E-state index in [1.807, 2.05) is 48.5 Å². The molecule has 3 aromatic rings. The number of carbonyl (C=O) groups is 1. The Hall–Kier alpha value is -3.39. The van der Waals surface area contributed by atoms with Crippen LogP contribution in [-0.4, -0.2) is 73.4 Å². The minimum absolute atomic E-state index is 0.0334. The molecule has 38 heavy (non-hydrogen) atoms. The summed E-state index contributed by atoms with van der Waals surface area (Å²) in [6.07, 6.45) is 0.545. The van der Waals surface area contributed by atoms with Crippen LogP contribution in [0.1, 0.15) is 29.2 Å². The Kier molecular flexibility index (Phi) is 8.27. The molecule has 198 valence electrons. The van der Waals surface area contributed by atoms with Crippen LogP contribution in [-0.2, 0) is 11.3 Å². The zero-order valence-electron chi connectivity index (χ0n) is 21.8. The molecule has 0 N–H and O–H groups in total. The number of benzene rings is 3. The predicted octanol–water partition coefficient (Wildman–Crippen LogP) is 4.85. The van der Waals surface area contributed by atoms with Crippen LogP contribution in [0, 0.1) is 0 Å². The Bertz CT molecular complexity index is 1290. The first-order valence-corrected chi connectivity index (χ1v) is 13.3. The number of ether oxygens (including phenoxy) is 2. The van der Waals surface area contributed by atoms with E-state index in [2.05, 4.69) is 34.1 Å². The van der Waals surface area contributed by atoms with Gasteiger partial charge in [-0.05, 0) is 29.3 Å². The fraction of sp³-hybridized carbons (Fsp3) is 0.333. The quantitative estimate of drug-likeness (QED) is 0.415. The van der Waals surface area contributed by atoms with Crippen molar-refractivity contribution in [3.8, 4) is 11.5 Å². The van der Waals surface area contributed by atoms with Crippen molar-refractivity contribution in [1.29, 1.82) is 0 Å². The van der Waals surface area contributed by atoms with Gasteiger partial charge in [-0.3, -0.25) is 14.6 Å². The third-order valence-corrected chi connectivity index (χ3v) is 7.57. The van der Waals surface area contributed by atoms with Crippen molar-refractivity contribution in [1.82, 2.24) is 14.8 Å². The largest absolute Gasteiger partial charge is 0.497 e. The van der Waals surface area contributed by atoms with Crippen LogP contribution in [0.15, 0.2) is 77.9 Å². The molecule has 5 rings (SSSR count). The minimum atomic E-state index is -0.280. The number of carbonyl (C=O) groups excluding carboxylic acids is 1. The summed E-state index contributed by atoms with van der Waals surface area (Å²) in [5, 5.41) is 7.09. The highest BCUT2D eigenvalue weighted by atomic mass is 35.5. The summed E-state index contributed by atoms with van der Waals surface area (Å²) < 4.78 is 11.0. The smallest absolute Gasteiger partial charge is 0.257 e. The number of nitrogens with zero attached hydrogens (tertiary/aromatic N) is 4. The number of amides is 1. The molecule has 0 aliphatic carbocycles. The average molecular weight is 533 g/mol. The van der Waals surface area contributed by atoms with Gasteiger partial charge in [0, 0.05) is 55.8 Å². The van der Waals surface area contributed by atoms with E-state index in [1.54, 1.807) is 19.2 Å². The van der Waals surface area contributed by atoms with Gasteiger partial charge < -0.3 is 9.47 Å². The SMILES string of the molecule is COc1ccc(C2=NN(C(=O)CN3CCN(Cc4ccccc4)CC3)C(c3ccccc3Cl)C2)c(OC)c1. The molecule has 1 atom stereocenters. The maximum atomic E-state index is 13.7. The molecular formula is C30H33ClN4O3. The first-order valence-electron chi connectivity index (χ1n) is 12.9. The highest BCUT2D eigenvalue weighted by molar-refractivity contribution is 6.31. The monoisotopic (exact) mass is 532 g/mol. The highest BCUT2D eigenvalue weighted by Crippen LogP contribution is 2.38. The summed E-state index contributed by atoms with van der Waals surface area (Å²) >= 11 is 6.59. The molecule has 2 heterocycles. The van der Waals surface area contributed by atoms with Gasteiger partial charge in [0.15, 0.2) is 0 Å². The first-order chi connectivity index (χ1) is 18.6. The standard InChI is InChI=1S/C30H33ClN4O3/c1-37-23-12-13-25(29(18-23)38-2)27-19-28(24-10-6-7-11-26(24)31)35(32-27)30(36)21-34-16-14-33(15-17-34)20-22-8-4-3-5-9-22/h3-13,18,28H,14-17,19-21H2,1-2H3. The van der Waals surface area contributed by atoms with Gasteiger partial charge in [0.1, 0.15) is 11.5 Å². The van der Waals surface area contributed by atoms with Crippen molar-refractivity contribution in [3.05, 3.63) is 94.5 Å². The lowest BCUT2D eigenvalue weighted by atomic mass is 9.97. The molecule has 1 saturated heterocycles. The van der Waals surface area contributed by atoms with Gasteiger partial charge in [0.2, 0.25) is 0 Å². The average Bonchev–Trinajstić information content (AvgIpc) is 3.40. The molecule has 1 fully saturated rings. The van der Waals surface area contributed by atoms with Crippen molar-refractivity contribution < 1.29 is 14.3 Å². The van der Waals surface area contributed by atoms with Gasteiger partial charge in [-0.1, -0.05) is 60.1 Å². The number of hydrazone groups is 1. The zero-order chi connectivity index (χ0) is 26.5. The normalized spacial score (nSPS) is 18.3. The molecule has 0 bridgehead atoms. The number of hydrogen-bond acceptors (Lipinski definition) is 6. The van der Waals surface area contributed by atoms with E-state index in [4.69, 9.17) is 26.2 Å². The van der Waals surface area contributed by atoms with Gasteiger partial charge >= 0.3 is 0 Å². The molecular weight excluding hydrogens is 500 g/mol. The van der Waals surface area contributed by atoms with E-state index in [0.29, 0.717) is 29.5 Å². The summed E-state index contributed by atoms with van der Waals surface area (Å²) in [4.78, 5) is 18.3. The fourth-order valence-electron chi connectivity index (χ4n) is 5.14. The lowest BCUT2D eigenvalue weighted by Crippen LogP contribution is -2.49. The second-order valence-electron chi connectivity index (χ2n) is 9.63. The molecule has 0 aromatic heterocycles. The second kappa shape index (κ2) is 12.0. The van der Waals surface area contributed by atoms with Crippen molar-refractivity contribution in [3.63, 3.8) is 0 Å². The van der Waals surface area contributed by atoms with E-state index in [9.17, 15) is 4.79 Å². The number of piperazine rings is 1. The van der Waals surface area contributed by atoms with Crippen LogP contribution in [0.3, 0.4) is 0 Å². The minimum Gasteiger partial charge on any atom is -0.497 e. The molecule has 2 aliphatic rings. The zero-order valence-corrected chi connectivity index (χ0v) is 22.6. The fourth-order valence-corrected chi connectivity index (χ4v) is 5.40. The number of rotatable bonds is 8. The Morgan fingerprint density at radius 1 is 0.921 bits per heavy atom. The summed E-state index contributed by atoms with van der Waals surface area (Å²) in [5.41, 5.74) is 3.83. The topological polar surface area (TPSA) is 57.6 Å². The Balaban J connectivity index is 1.32. The molecule has 8 heteroatoms. The number of hydrogen-bond donors (Lipinski definition) is 0. The molecule has 0 radical (unpaired) electrons. The number of halogens is 1. The molecule has 7 nitrogen and oxygen atoms in total. The van der Waals surface area contributed by atoms with Crippen LogP contribution in [0.4, 0.5) is 0 Å². The summed E-state index contributed by atoms with van der Waals surface area (Å²) in [7, 11) is 3.25. The van der Waals surface area contributed by atoms with Gasteiger partial charge in [0.25, 0.3) is 5.91 Å². The summed E-state index contributed by atoms with van der Waals surface area (Å²) in [6, 6.07) is 23.5. The molecule has 3 aromatic carbocycles. The Morgan fingerprint density at radius 2 is 1.63 bits per heavy atom. The van der Waals surface area contributed by atoms with Crippen LogP contribution >= 0.6 is 11.6 Å². The van der Waals surface area contributed by atoms with E-state index in [0.717, 1.165) is 49.6 Å². The summed E-state index contributed by atoms with van der Waals surface area (Å²) in [6.45, 7) is 4.77. The molecule has 1 amide bonds. The lowest BCUT2D eigenvalue weighted by Gasteiger charge is -2.35. The van der Waals surface area contributed by atoms with E-state index >= 15 is 0 Å². The highest BCUT2D eigenvalue weighted by Gasteiger charge is 2.36. The summed E-state index contributed by atoms with van der Waals surface area (Å²) in [5.74, 6) is 1.32. The van der Waals surface area contributed by atoms with E-state index in [-0.39, 0.29) is 11.9 Å². The van der Waals surface area contributed by atoms with E-state index < -0.39 is 0 Å². The number of methoxy groups -OCH3 is 2. The van der Waals surface area contributed by atoms with Crippen molar-refractivity contribution in [2.24, 2.45) is 5.10 Å². The third kappa shape index (κ3) is 5.85. The van der Waals surface area contributed by atoms with Crippen LogP contribution < -0.4 is 9.47 Å². The Labute approximate surface area is 229 Å². The van der Waals surface area contributed by atoms with Crippen LogP contribution in [0.2, 0.25) is 5.02 Å². The van der Waals surface area contributed by atoms with Crippen molar-refractivity contribution in [2.45, 2.75) is 19.0 Å². The lowest BCUT2D eigenvalue weighted by molar-refractivity contribution is -0.134. The van der Waals surface area contributed by atoms with Crippen molar-refractivity contribution in [2.75, 3.05) is 46.9 Å². The predicted molar refractivity (Wildman–Crippen MR) is 150 cm³/mol.